The van der Waals surface area contributed by atoms with Crippen LogP contribution in [0.25, 0.3) is 0 Å². The van der Waals surface area contributed by atoms with Crippen LogP contribution in [0.5, 0.6) is 11.5 Å². The second-order valence-corrected chi connectivity index (χ2v) is 8.76. The Balaban J connectivity index is 1.69. The number of nitrogens with zero attached hydrogens (tertiary/aromatic N) is 1. The molecule has 1 atom stereocenters. The number of benzene rings is 3. The number of rotatable bonds is 1. The van der Waals surface area contributed by atoms with E-state index >= 15 is 0 Å². The zero-order valence-corrected chi connectivity index (χ0v) is 15.0. The summed E-state index contributed by atoms with van der Waals surface area (Å²) in [6.07, 6.45) is 0. The molecule has 25 heavy (non-hydrogen) atoms. The van der Waals surface area contributed by atoms with Crippen molar-refractivity contribution in [1.82, 2.24) is 0 Å². The molecule has 0 aromatic heterocycles. The standard InChI is InChI=1S/C21H19NO2S/c1-15-11-16(2)13-18(12-15)22-19-8-4-6-10-21(19)24-25(22)14-17-7-3-5-9-20(17)23-25/h3-13H,14H2,1-2H3. The molecule has 2 heterocycles. The van der Waals surface area contributed by atoms with Crippen LogP contribution in [0.3, 0.4) is 0 Å². The molecule has 4 heteroatoms. The minimum Gasteiger partial charge on any atom is -0.364 e. The Morgan fingerprint density at radius 2 is 1.44 bits per heavy atom. The van der Waals surface area contributed by atoms with Gasteiger partial charge in [0, 0.05) is 5.56 Å². The molecule has 0 radical (unpaired) electrons. The fourth-order valence-corrected chi connectivity index (χ4v) is 6.41. The molecular formula is C21H19NO2S. The molecule has 0 saturated carbocycles. The Labute approximate surface area is 149 Å². The third kappa shape index (κ3) is 2.21. The van der Waals surface area contributed by atoms with E-state index in [9.17, 15) is 0 Å². The van der Waals surface area contributed by atoms with Crippen LogP contribution in [0.4, 0.5) is 11.4 Å². The van der Waals surface area contributed by atoms with Crippen molar-refractivity contribution >= 4 is 22.2 Å². The SMILES string of the molecule is Cc1cc(C)cc(N2c3ccccc3OS23Cc2ccccc2O3)c1. The molecule has 0 saturated heterocycles. The van der Waals surface area contributed by atoms with E-state index in [1.54, 1.807) is 0 Å². The summed E-state index contributed by atoms with van der Waals surface area (Å²) in [6, 6.07) is 23.0. The van der Waals surface area contributed by atoms with E-state index in [1.807, 2.05) is 24.3 Å². The fourth-order valence-electron chi connectivity index (χ4n) is 3.61. The van der Waals surface area contributed by atoms with Gasteiger partial charge in [-0.05, 0) is 66.1 Å². The summed E-state index contributed by atoms with van der Waals surface area (Å²) in [5, 5.41) is 0. The average Bonchev–Trinajstić information content (AvgIpc) is 3.09. The number of hydrogen-bond donors (Lipinski definition) is 0. The first kappa shape index (κ1) is 14.7. The second kappa shape index (κ2) is 5.20. The summed E-state index contributed by atoms with van der Waals surface area (Å²) in [6.45, 7) is 4.26. The minimum absolute atomic E-state index is 0.769. The molecule has 2 aliphatic heterocycles. The van der Waals surface area contributed by atoms with Crippen LogP contribution in [0.1, 0.15) is 16.7 Å². The molecule has 5 rings (SSSR count). The molecule has 0 bridgehead atoms. The second-order valence-electron chi connectivity index (χ2n) is 6.61. The Morgan fingerprint density at radius 3 is 2.20 bits per heavy atom. The van der Waals surface area contributed by atoms with Crippen molar-refractivity contribution in [2.24, 2.45) is 0 Å². The van der Waals surface area contributed by atoms with E-state index in [-0.39, 0.29) is 0 Å². The number of aryl methyl sites for hydroxylation is 2. The topological polar surface area (TPSA) is 21.7 Å². The van der Waals surface area contributed by atoms with Crippen molar-refractivity contribution in [3.05, 3.63) is 83.4 Å². The smallest absolute Gasteiger partial charge is 0.179 e. The summed E-state index contributed by atoms with van der Waals surface area (Å²) in [5.41, 5.74) is 5.90. The molecule has 0 aliphatic carbocycles. The van der Waals surface area contributed by atoms with Gasteiger partial charge < -0.3 is 8.37 Å². The van der Waals surface area contributed by atoms with Gasteiger partial charge in [0.15, 0.2) is 11.5 Å². The van der Waals surface area contributed by atoms with E-state index in [4.69, 9.17) is 8.37 Å². The lowest BCUT2D eigenvalue weighted by Crippen LogP contribution is -2.24. The predicted molar refractivity (Wildman–Crippen MR) is 103 cm³/mol. The Bertz CT molecular complexity index is 934. The molecule has 3 aromatic carbocycles. The van der Waals surface area contributed by atoms with Crippen molar-refractivity contribution in [3.63, 3.8) is 0 Å². The van der Waals surface area contributed by atoms with Gasteiger partial charge in [0.05, 0.1) is 5.69 Å². The number of para-hydroxylation sites is 3. The van der Waals surface area contributed by atoms with Gasteiger partial charge in [-0.3, -0.25) is 0 Å². The van der Waals surface area contributed by atoms with Crippen molar-refractivity contribution in [2.45, 2.75) is 19.6 Å². The number of fused-ring (bicyclic) bond motifs is 2. The lowest BCUT2D eigenvalue weighted by Gasteiger charge is -2.42. The monoisotopic (exact) mass is 349 g/mol. The maximum absolute atomic E-state index is 6.47. The van der Waals surface area contributed by atoms with Crippen LogP contribution in [0.15, 0.2) is 66.7 Å². The summed E-state index contributed by atoms with van der Waals surface area (Å²) < 4.78 is 15.2. The Hall–Kier alpha value is -2.59. The third-order valence-corrected chi connectivity index (χ3v) is 7.07. The maximum Gasteiger partial charge on any atom is 0.179 e. The molecule has 1 spiro atoms. The highest BCUT2D eigenvalue weighted by Gasteiger charge is 2.46. The quantitative estimate of drug-likeness (QED) is 0.540. The maximum atomic E-state index is 6.47. The van der Waals surface area contributed by atoms with Crippen LogP contribution < -0.4 is 12.7 Å². The lowest BCUT2D eigenvalue weighted by molar-refractivity contribution is 0.523. The Kier molecular flexibility index (Phi) is 3.06. The van der Waals surface area contributed by atoms with Gasteiger partial charge in [0.1, 0.15) is 11.4 Å². The Morgan fingerprint density at radius 1 is 0.800 bits per heavy atom. The molecule has 126 valence electrons. The summed E-state index contributed by atoms with van der Waals surface area (Å²) >= 11 is 0. The lowest BCUT2D eigenvalue weighted by atomic mass is 10.1. The van der Waals surface area contributed by atoms with Crippen LogP contribution in [0, 0.1) is 13.8 Å². The van der Waals surface area contributed by atoms with Crippen LogP contribution in [0.2, 0.25) is 0 Å². The summed E-state index contributed by atoms with van der Waals surface area (Å²) in [4.78, 5) is 0. The van der Waals surface area contributed by atoms with E-state index in [0.717, 1.165) is 28.6 Å². The summed E-state index contributed by atoms with van der Waals surface area (Å²) in [7, 11) is -1.94. The zero-order chi connectivity index (χ0) is 17.0. The molecule has 2 aliphatic rings. The van der Waals surface area contributed by atoms with Crippen molar-refractivity contribution in [3.8, 4) is 11.5 Å². The van der Waals surface area contributed by atoms with Gasteiger partial charge in [-0.15, -0.1) is 0 Å². The van der Waals surface area contributed by atoms with E-state index < -0.39 is 10.8 Å². The van der Waals surface area contributed by atoms with Gasteiger partial charge in [-0.1, -0.05) is 36.4 Å². The molecular weight excluding hydrogens is 330 g/mol. The van der Waals surface area contributed by atoms with Crippen molar-refractivity contribution in [1.29, 1.82) is 0 Å². The van der Waals surface area contributed by atoms with Crippen molar-refractivity contribution in [2.75, 3.05) is 4.31 Å². The van der Waals surface area contributed by atoms with E-state index in [0.29, 0.717) is 0 Å². The molecule has 1 unspecified atom stereocenters. The minimum atomic E-state index is -1.94. The van der Waals surface area contributed by atoms with E-state index in [1.165, 1.54) is 16.7 Å². The first-order chi connectivity index (χ1) is 12.1. The van der Waals surface area contributed by atoms with E-state index in [2.05, 4.69) is 60.6 Å². The fraction of sp³-hybridized carbons (Fsp3) is 0.143. The van der Waals surface area contributed by atoms with Gasteiger partial charge >= 0.3 is 0 Å². The predicted octanol–water partition coefficient (Wildman–Crippen LogP) is 5.98. The molecule has 0 N–H and O–H groups in total. The highest BCUT2D eigenvalue weighted by Crippen LogP contribution is 2.70. The molecule has 0 fully saturated rings. The van der Waals surface area contributed by atoms with Crippen LogP contribution in [-0.4, -0.2) is 0 Å². The third-order valence-electron chi connectivity index (χ3n) is 4.55. The average molecular weight is 349 g/mol. The zero-order valence-electron chi connectivity index (χ0n) is 14.2. The largest absolute Gasteiger partial charge is 0.364 e. The van der Waals surface area contributed by atoms with Gasteiger partial charge in [0.2, 0.25) is 0 Å². The van der Waals surface area contributed by atoms with Crippen molar-refractivity contribution < 1.29 is 8.37 Å². The molecule has 0 amide bonds. The van der Waals surface area contributed by atoms with Gasteiger partial charge in [-0.25, -0.2) is 4.31 Å². The van der Waals surface area contributed by atoms with Gasteiger partial charge in [0.25, 0.3) is 0 Å². The number of hydrogen-bond acceptors (Lipinski definition) is 3. The van der Waals surface area contributed by atoms with Gasteiger partial charge in [-0.2, -0.15) is 0 Å². The van der Waals surface area contributed by atoms with Crippen LogP contribution >= 0.6 is 10.8 Å². The first-order valence-corrected chi connectivity index (χ1v) is 10.0. The normalized spacial score (nSPS) is 22.7. The first-order valence-electron chi connectivity index (χ1n) is 8.40. The number of anilines is 2. The van der Waals surface area contributed by atoms with Crippen LogP contribution in [-0.2, 0) is 5.75 Å². The highest BCUT2D eigenvalue weighted by molar-refractivity contribution is 8.27. The summed E-state index contributed by atoms with van der Waals surface area (Å²) in [5.74, 6) is 2.59. The highest BCUT2D eigenvalue weighted by atomic mass is 32.3. The molecule has 3 aromatic rings. The molecule has 3 nitrogen and oxygen atoms in total.